The summed E-state index contributed by atoms with van der Waals surface area (Å²) in [5, 5.41) is 3.32. The average Bonchev–Trinajstić information content (AvgIpc) is 3.10. The number of hydrogen-bond donors (Lipinski definition) is 1. The molecular formula is C20H24N2O4S. The summed E-state index contributed by atoms with van der Waals surface area (Å²) < 4.78 is 6.10. The van der Waals surface area contributed by atoms with Gasteiger partial charge in [-0.3, -0.25) is 19.7 Å². The summed E-state index contributed by atoms with van der Waals surface area (Å²) in [6.07, 6.45) is 6.37. The van der Waals surface area contributed by atoms with Crippen LogP contribution in [-0.4, -0.2) is 29.4 Å². The molecule has 1 heterocycles. The maximum atomic E-state index is 12.0. The molecule has 2 amide bonds. The first-order chi connectivity index (χ1) is 13.1. The third-order valence-electron chi connectivity index (χ3n) is 4.71. The zero-order valence-electron chi connectivity index (χ0n) is 15.2. The van der Waals surface area contributed by atoms with E-state index >= 15 is 0 Å². The van der Waals surface area contributed by atoms with Gasteiger partial charge in [-0.2, -0.15) is 0 Å². The number of nitrogens with one attached hydrogen (secondary N) is 1. The van der Waals surface area contributed by atoms with Gasteiger partial charge in [0.15, 0.2) is 6.61 Å². The predicted molar refractivity (Wildman–Crippen MR) is 103 cm³/mol. The number of amides is 2. The Kier molecular flexibility index (Phi) is 6.92. The number of nitrogens with zero attached hydrogens (tertiary/aromatic N) is 1. The van der Waals surface area contributed by atoms with Crippen LogP contribution in [0.15, 0.2) is 24.3 Å². The number of fused-ring (bicyclic) bond motifs is 1. The number of imide groups is 1. The summed E-state index contributed by atoms with van der Waals surface area (Å²) >= 11 is 1.62. The van der Waals surface area contributed by atoms with Crippen molar-refractivity contribution in [3.63, 3.8) is 0 Å². The van der Waals surface area contributed by atoms with Gasteiger partial charge in [0.1, 0.15) is 0 Å². The molecule has 0 atom stereocenters. The van der Waals surface area contributed by atoms with Gasteiger partial charge in [-0.15, -0.1) is 11.3 Å². The third-order valence-corrected chi connectivity index (χ3v) is 5.81. The standard InChI is InChI=1S/C20H24N2O4S/c23-17(22-20(25)14-7-2-1-3-8-14)13-26-19(24)12-6-11-18-21-15-9-4-5-10-16(15)27-18/h4-5,9-10,14H,1-3,6-8,11-13H2,(H,22,23,25). The molecule has 1 fully saturated rings. The molecule has 0 saturated heterocycles. The van der Waals surface area contributed by atoms with Crippen molar-refractivity contribution in [2.75, 3.05) is 6.61 Å². The summed E-state index contributed by atoms with van der Waals surface area (Å²) in [7, 11) is 0. The van der Waals surface area contributed by atoms with Crippen LogP contribution >= 0.6 is 11.3 Å². The molecule has 0 unspecified atom stereocenters. The summed E-state index contributed by atoms with van der Waals surface area (Å²) in [5.74, 6) is -1.32. The van der Waals surface area contributed by atoms with E-state index in [-0.39, 0.29) is 18.2 Å². The van der Waals surface area contributed by atoms with Gasteiger partial charge in [0.25, 0.3) is 5.91 Å². The van der Waals surface area contributed by atoms with E-state index in [2.05, 4.69) is 10.3 Å². The number of carbonyl (C=O) groups is 3. The SMILES string of the molecule is O=C(COC(=O)CCCc1nc2ccccc2s1)NC(=O)C1CCCCC1. The lowest BCUT2D eigenvalue weighted by molar-refractivity contribution is -0.150. The molecule has 1 aromatic heterocycles. The quantitative estimate of drug-likeness (QED) is 0.735. The van der Waals surface area contributed by atoms with Crippen LogP contribution in [0.25, 0.3) is 10.2 Å². The van der Waals surface area contributed by atoms with E-state index in [1.807, 2.05) is 24.3 Å². The maximum absolute atomic E-state index is 12.0. The first-order valence-electron chi connectivity index (χ1n) is 9.45. The summed E-state index contributed by atoms with van der Waals surface area (Å²) in [5.41, 5.74) is 0.972. The molecule has 0 spiro atoms. The third kappa shape index (κ3) is 5.85. The molecular weight excluding hydrogens is 364 g/mol. The van der Waals surface area contributed by atoms with Gasteiger partial charge in [0.05, 0.1) is 15.2 Å². The number of benzene rings is 1. The lowest BCUT2D eigenvalue weighted by atomic mass is 9.89. The molecule has 1 aromatic carbocycles. The fourth-order valence-electron chi connectivity index (χ4n) is 3.27. The van der Waals surface area contributed by atoms with Crippen LogP contribution < -0.4 is 5.32 Å². The molecule has 1 aliphatic carbocycles. The number of aryl methyl sites for hydroxylation is 1. The summed E-state index contributed by atoms with van der Waals surface area (Å²) in [6.45, 7) is -0.404. The molecule has 2 aromatic rings. The van der Waals surface area contributed by atoms with Crippen LogP contribution in [0.4, 0.5) is 0 Å². The Morgan fingerprint density at radius 2 is 1.93 bits per heavy atom. The van der Waals surface area contributed by atoms with Crippen LogP contribution in [0.1, 0.15) is 50.0 Å². The summed E-state index contributed by atoms with van der Waals surface area (Å²) in [4.78, 5) is 40.1. The smallest absolute Gasteiger partial charge is 0.306 e. The van der Waals surface area contributed by atoms with Crippen LogP contribution in [0.2, 0.25) is 0 Å². The van der Waals surface area contributed by atoms with Crippen LogP contribution in [0.3, 0.4) is 0 Å². The van der Waals surface area contributed by atoms with Crippen molar-refractivity contribution in [3.8, 4) is 0 Å². The van der Waals surface area contributed by atoms with Gasteiger partial charge < -0.3 is 4.74 Å². The Labute approximate surface area is 162 Å². The number of para-hydroxylation sites is 1. The first kappa shape index (κ1) is 19.5. The zero-order chi connectivity index (χ0) is 19.1. The highest BCUT2D eigenvalue weighted by atomic mass is 32.1. The van der Waals surface area contributed by atoms with Crippen molar-refractivity contribution in [1.29, 1.82) is 0 Å². The number of esters is 1. The number of rotatable bonds is 7. The lowest BCUT2D eigenvalue weighted by Crippen LogP contribution is -2.38. The monoisotopic (exact) mass is 388 g/mol. The molecule has 1 N–H and O–H groups in total. The number of carbonyl (C=O) groups excluding carboxylic acids is 3. The van der Waals surface area contributed by atoms with Crippen LogP contribution in [-0.2, 0) is 25.5 Å². The van der Waals surface area contributed by atoms with Crippen molar-refractivity contribution >= 4 is 39.3 Å². The van der Waals surface area contributed by atoms with E-state index in [1.54, 1.807) is 11.3 Å². The normalized spacial score (nSPS) is 14.8. The fourth-order valence-corrected chi connectivity index (χ4v) is 4.28. The van der Waals surface area contributed by atoms with Gasteiger partial charge in [-0.25, -0.2) is 4.98 Å². The van der Waals surface area contributed by atoms with E-state index < -0.39 is 18.5 Å². The van der Waals surface area contributed by atoms with Crippen molar-refractivity contribution in [1.82, 2.24) is 10.3 Å². The van der Waals surface area contributed by atoms with Crippen molar-refractivity contribution in [2.45, 2.75) is 51.4 Å². The van der Waals surface area contributed by atoms with E-state index in [0.717, 1.165) is 47.3 Å². The molecule has 0 aliphatic heterocycles. The minimum absolute atomic E-state index is 0.0905. The van der Waals surface area contributed by atoms with Gasteiger partial charge in [-0.1, -0.05) is 31.4 Å². The topological polar surface area (TPSA) is 85.4 Å². The highest BCUT2D eigenvalue weighted by Crippen LogP contribution is 2.24. The predicted octanol–water partition coefficient (Wildman–Crippen LogP) is 3.39. The van der Waals surface area contributed by atoms with Crippen molar-refractivity contribution in [2.24, 2.45) is 5.92 Å². The molecule has 1 saturated carbocycles. The second-order valence-corrected chi connectivity index (χ2v) is 7.95. The highest BCUT2D eigenvalue weighted by Gasteiger charge is 2.22. The molecule has 144 valence electrons. The molecule has 0 radical (unpaired) electrons. The fraction of sp³-hybridized carbons (Fsp3) is 0.500. The highest BCUT2D eigenvalue weighted by molar-refractivity contribution is 7.18. The molecule has 6 nitrogen and oxygen atoms in total. The average molecular weight is 388 g/mol. The molecule has 3 rings (SSSR count). The Morgan fingerprint density at radius 1 is 1.15 bits per heavy atom. The van der Waals surface area contributed by atoms with Gasteiger partial charge in [0, 0.05) is 12.3 Å². The van der Waals surface area contributed by atoms with Gasteiger partial charge in [0.2, 0.25) is 5.91 Å². The summed E-state index contributed by atoms with van der Waals surface area (Å²) in [6, 6.07) is 7.92. The second kappa shape index (κ2) is 9.60. The lowest BCUT2D eigenvalue weighted by Gasteiger charge is -2.20. The van der Waals surface area contributed by atoms with Crippen molar-refractivity contribution in [3.05, 3.63) is 29.3 Å². The molecule has 1 aliphatic rings. The van der Waals surface area contributed by atoms with Crippen molar-refractivity contribution < 1.29 is 19.1 Å². The Bertz CT molecular complexity index is 778. The largest absolute Gasteiger partial charge is 0.456 e. The number of hydrogen-bond acceptors (Lipinski definition) is 6. The molecule has 7 heteroatoms. The Morgan fingerprint density at radius 3 is 2.70 bits per heavy atom. The molecule has 27 heavy (non-hydrogen) atoms. The first-order valence-corrected chi connectivity index (χ1v) is 10.3. The Hall–Kier alpha value is -2.28. The molecule has 0 bridgehead atoms. The van der Waals surface area contributed by atoms with Crippen LogP contribution in [0.5, 0.6) is 0 Å². The van der Waals surface area contributed by atoms with Gasteiger partial charge in [-0.05, 0) is 37.8 Å². The van der Waals surface area contributed by atoms with Crippen LogP contribution in [0, 0.1) is 5.92 Å². The van der Waals surface area contributed by atoms with E-state index in [1.165, 1.54) is 0 Å². The van der Waals surface area contributed by atoms with E-state index in [4.69, 9.17) is 4.74 Å². The van der Waals surface area contributed by atoms with Gasteiger partial charge >= 0.3 is 5.97 Å². The zero-order valence-corrected chi connectivity index (χ0v) is 16.1. The minimum atomic E-state index is -0.551. The Balaban J connectivity index is 1.33. The number of thiazole rings is 1. The number of ether oxygens (including phenoxy) is 1. The minimum Gasteiger partial charge on any atom is -0.456 e. The van der Waals surface area contributed by atoms with E-state index in [9.17, 15) is 14.4 Å². The maximum Gasteiger partial charge on any atom is 0.306 e. The second-order valence-electron chi connectivity index (χ2n) is 6.84. The van der Waals surface area contributed by atoms with E-state index in [0.29, 0.717) is 12.8 Å². The number of aromatic nitrogens is 1.